The number of nitrogens with one attached hydrogen (secondary N) is 1. The second-order valence-electron chi connectivity index (χ2n) is 5.17. The van der Waals surface area contributed by atoms with Gasteiger partial charge in [-0.1, -0.05) is 26.0 Å². The summed E-state index contributed by atoms with van der Waals surface area (Å²) in [7, 11) is 0. The maximum Gasteiger partial charge on any atom is 0.142 e. The Hall–Kier alpha value is -2.36. The van der Waals surface area contributed by atoms with E-state index >= 15 is 0 Å². The molecule has 0 fully saturated rings. The van der Waals surface area contributed by atoms with Crippen molar-refractivity contribution < 1.29 is 4.74 Å². The Labute approximate surface area is 119 Å². The monoisotopic (exact) mass is 271 g/mol. The van der Waals surface area contributed by atoms with Crippen molar-refractivity contribution in [3.63, 3.8) is 0 Å². The van der Waals surface area contributed by atoms with Crippen LogP contribution in [0.25, 0.3) is 0 Å². The summed E-state index contributed by atoms with van der Waals surface area (Å²) in [5, 5.41) is 3.29. The Morgan fingerprint density at radius 1 is 1.05 bits per heavy atom. The zero-order chi connectivity index (χ0) is 14.5. The highest BCUT2D eigenvalue weighted by molar-refractivity contribution is 5.77. The van der Waals surface area contributed by atoms with Crippen LogP contribution in [0.15, 0.2) is 42.5 Å². The highest BCUT2D eigenvalue weighted by Gasteiger charge is 2.06. The van der Waals surface area contributed by atoms with Crippen molar-refractivity contribution in [1.82, 2.24) is 0 Å². The number of hydrogen-bond acceptors (Lipinski definition) is 4. The van der Waals surface area contributed by atoms with Gasteiger partial charge in [-0.3, -0.25) is 0 Å². The summed E-state index contributed by atoms with van der Waals surface area (Å²) in [6, 6.07) is 13.2. The lowest BCUT2D eigenvalue weighted by molar-refractivity contribution is 0.272. The second kappa shape index (κ2) is 6.19. The molecule has 0 saturated heterocycles. The Morgan fingerprint density at radius 3 is 2.50 bits per heavy atom. The number of para-hydroxylation sites is 2. The molecule has 4 heteroatoms. The Bertz CT molecular complexity index is 582. The summed E-state index contributed by atoms with van der Waals surface area (Å²) in [5.74, 6) is 1.29. The van der Waals surface area contributed by atoms with Crippen LogP contribution in [0.3, 0.4) is 0 Å². The van der Waals surface area contributed by atoms with Crippen LogP contribution >= 0.6 is 0 Å². The lowest BCUT2D eigenvalue weighted by atomic mass is 10.2. The largest absolute Gasteiger partial charge is 0.491 e. The van der Waals surface area contributed by atoms with Gasteiger partial charge in [0.1, 0.15) is 5.75 Å². The molecule has 0 unspecified atom stereocenters. The highest BCUT2D eigenvalue weighted by Crippen LogP contribution is 2.31. The van der Waals surface area contributed by atoms with Crippen LogP contribution in [0.1, 0.15) is 13.8 Å². The molecule has 4 nitrogen and oxygen atoms in total. The number of hydrogen-bond donors (Lipinski definition) is 3. The van der Waals surface area contributed by atoms with Crippen molar-refractivity contribution in [2.24, 2.45) is 5.92 Å². The normalized spacial score (nSPS) is 10.6. The minimum absolute atomic E-state index is 0.477. The van der Waals surface area contributed by atoms with Crippen LogP contribution in [0.5, 0.6) is 5.75 Å². The molecule has 5 N–H and O–H groups in total. The predicted molar refractivity (Wildman–Crippen MR) is 85.3 cm³/mol. The van der Waals surface area contributed by atoms with E-state index in [0.29, 0.717) is 23.9 Å². The van der Waals surface area contributed by atoms with E-state index in [1.165, 1.54) is 0 Å². The van der Waals surface area contributed by atoms with Crippen molar-refractivity contribution in [3.8, 4) is 5.75 Å². The van der Waals surface area contributed by atoms with E-state index in [-0.39, 0.29) is 0 Å². The summed E-state index contributed by atoms with van der Waals surface area (Å²) in [4.78, 5) is 0. The maximum absolute atomic E-state index is 5.96. The van der Waals surface area contributed by atoms with Gasteiger partial charge >= 0.3 is 0 Å². The van der Waals surface area contributed by atoms with E-state index in [9.17, 15) is 0 Å². The van der Waals surface area contributed by atoms with Crippen LogP contribution in [0, 0.1) is 5.92 Å². The summed E-state index contributed by atoms with van der Waals surface area (Å²) in [5.41, 5.74) is 14.6. The number of rotatable bonds is 5. The van der Waals surface area contributed by atoms with Crippen LogP contribution in [0.2, 0.25) is 0 Å². The molecule has 106 valence electrons. The summed E-state index contributed by atoms with van der Waals surface area (Å²) in [6.45, 7) is 4.91. The zero-order valence-corrected chi connectivity index (χ0v) is 11.9. The van der Waals surface area contributed by atoms with Crippen LogP contribution in [-0.2, 0) is 0 Å². The van der Waals surface area contributed by atoms with Gasteiger partial charge in [-0.05, 0) is 36.2 Å². The van der Waals surface area contributed by atoms with Crippen molar-refractivity contribution in [1.29, 1.82) is 0 Å². The Balaban J connectivity index is 2.20. The molecule has 0 heterocycles. The maximum atomic E-state index is 5.96. The van der Waals surface area contributed by atoms with Gasteiger partial charge in [-0.15, -0.1) is 0 Å². The number of nitrogens with two attached hydrogens (primary N) is 2. The smallest absolute Gasteiger partial charge is 0.142 e. The number of nitrogen functional groups attached to an aromatic ring is 2. The number of anilines is 4. The first-order valence-corrected chi connectivity index (χ1v) is 6.70. The second-order valence-corrected chi connectivity index (χ2v) is 5.17. The quantitative estimate of drug-likeness (QED) is 0.726. The molecule has 0 aliphatic heterocycles. The van der Waals surface area contributed by atoms with E-state index in [4.69, 9.17) is 16.2 Å². The molecule has 2 aromatic rings. The molecule has 0 atom stereocenters. The SMILES string of the molecule is CC(C)COc1ccccc1Nc1ccc(N)cc1N. The third-order valence-corrected chi connectivity index (χ3v) is 2.80. The molecule has 0 aliphatic rings. The molecule has 0 aromatic heterocycles. The van der Waals surface area contributed by atoms with Gasteiger partial charge in [0.15, 0.2) is 0 Å². The molecule has 20 heavy (non-hydrogen) atoms. The van der Waals surface area contributed by atoms with Gasteiger partial charge in [-0.25, -0.2) is 0 Å². The zero-order valence-electron chi connectivity index (χ0n) is 11.9. The Morgan fingerprint density at radius 2 is 1.80 bits per heavy atom. The first-order valence-electron chi connectivity index (χ1n) is 6.70. The molecular formula is C16H21N3O. The summed E-state index contributed by atoms with van der Waals surface area (Å²) < 4.78 is 5.81. The lowest BCUT2D eigenvalue weighted by Crippen LogP contribution is -2.06. The molecule has 0 saturated carbocycles. The minimum Gasteiger partial charge on any atom is -0.491 e. The molecular weight excluding hydrogens is 250 g/mol. The first-order chi connectivity index (χ1) is 9.56. The predicted octanol–water partition coefficient (Wildman–Crippen LogP) is 3.63. The van der Waals surface area contributed by atoms with Crippen molar-refractivity contribution in [2.45, 2.75) is 13.8 Å². The third kappa shape index (κ3) is 3.57. The van der Waals surface area contributed by atoms with E-state index in [0.717, 1.165) is 17.1 Å². The fraction of sp³-hybridized carbons (Fsp3) is 0.250. The van der Waals surface area contributed by atoms with E-state index in [1.807, 2.05) is 36.4 Å². The van der Waals surface area contributed by atoms with Crippen LogP contribution < -0.4 is 21.5 Å². The summed E-state index contributed by atoms with van der Waals surface area (Å²) >= 11 is 0. The molecule has 0 radical (unpaired) electrons. The molecule has 2 rings (SSSR count). The summed E-state index contributed by atoms with van der Waals surface area (Å²) in [6.07, 6.45) is 0. The molecule has 0 spiro atoms. The molecule has 0 bridgehead atoms. The van der Waals surface area contributed by atoms with Crippen LogP contribution in [0.4, 0.5) is 22.7 Å². The average molecular weight is 271 g/mol. The first kappa shape index (κ1) is 14.1. The number of benzene rings is 2. The van der Waals surface area contributed by atoms with Crippen molar-refractivity contribution >= 4 is 22.7 Å². The average Bonchev–Trinajstić information content (AvgIpc) is 2.41. The Kier molecular flexibility index (Phi) is 4.35. The minimum atomic E-state index is 0.477. The fourth-order valence-corrected chi connectivity index (χ4v) is 1.79. The molecule has 0 amide bonds. The van der Waals surface area contributed by atoms with E-state index in [1.54, 1.807) is 6.07 Å². The van der Waals surface area contributed by atoms with Crippen LogP contribution in [-0.4, -0.2) is 6.61 Å². The number of ether oxygens (including phenoxy) is 1. The lowest BCUT2D eigenvalue weighted by Gasteiger charge is -2.15. The highest BCUT2D eigenvalue weighted by atomic mass is 16.5. The van der Waals surface area contributed by atoms with Gasteiger partial charge in [-0.2, -0.15) is 0 Å². The van der Waals surface area contributed by atoms with Gasteiger partial charge < -0.3 is 21.5 Å². The van der Waals surface area contributed by atoms with Gasteiger partial charge in [0.2, 0.25) is 0 Å². The fourth-order valence-electron chi connectivity index (χ4n) is 1.79. The third-order valence-electron chi connectivity index (χ3n) is 2.80. The van der Waals surface area contributed by atoms with E-state index in [2.05, 4.69) is 19.2 Å². The van der Waals surface area contributed by atoms with Gasteiger partial charge in [0.05, 0.1) is 23.7 Å². The molecule has 0 aliphatic carbocycles. The van der Waals surface area contributed by atoms with Crippen molar-refractivity contribution in [2.75, 3.05) is 23.4 Å². The van der Waals surface area contributed by atoms with E-state index < -0.39 is 0 Å². The van der Waals surface area contributed by atoms with Crippen molar-refractivity contribution in [3.05, 3.63) is 42.5 Å². The topological polar surface area (TPSA) is 73.3 Å². The molecule has 2 aromatic carbocycles. The van der Waals surface area contributed by atoms with Gasteiger partial charge in [0, 0.05) is 5.69 Å². The van der Waals surface area contributed by atoms with Gasteiger partial charge in [0.25, 0.3) is 0 Å². The standard InChI is InChI=1S/C16H21N3O/c1-11(2)10-20-16-6-4-3-5-15(16)19-14-8-7-12(17)9-13(14)18/h3-9,11,19H,10,17-18H2,1-2H3.